The van der Waals surface area contributed by atoms with Crippen molar-refractivity contribution in [2.45, 2.75) is 18.9 Å². The maximum absolute atomic E-state index is 11.8. The van der Waals surface area contributed by atoms with Gasteiger partial charge in [0, 0.05) is 24.8 Å². The zero-order valence-corrected chi connectivity index (χ0v) is 13.3. The molecular weight excluding hydrogens is 300 g/mol. The maximum atomic E-state index is 11.8. The summed E-state index contributed by atoms with van der Waals surface area (Å²) in [4.78, 5) is 11.8. The molecule has 5 nitrogen and oxygen atoms in total. The van der Waals surface area contributed by atoms with Crippen molar-refractivity contribution >= 4 is 29.3 Å². The Bertz CT molecular complexity index is 554. The van der Waals surface area contributed by atoms with E-state index in [1.54, 1.807) is 13.2 Å². The Morgan fingerprint density at radius 3 is 3.05 bits per heavy atom. The van der Waals surface area contributed by atoms with E-state index >= 15 is 0 Å². The molecule has 0 bridgehead atoms. The van der Waals surface area contributed by atoms with Crippen molar-refractivity contribution in [3.63, 3.8) is 0 Å². The molecule has 1 atom stereocenters. The van der Waals surface area contributed by atoms with E-state index in [2.05, 4.69) is 10.6 Å². The van der Waals surface area contributed by atoms with Crippen molar-refractivity contribution in [2.24, 2.45) is 0 Å². The highest BCUT2D eigenvalue weighted by Crippen LogP contribution is 2.18. The normalized spacial score (nSPS) is 17.4. The number of amides is 1. The van der Waals surface area contributed by atoms with Crippen molar-refractivity contribution in [3.8, 4) is 5.75 Å². The summed E-state index contributed by atoms with van der Waals surface area (Å²) in [6.07, 6.45) is 5.40. The lowest BCUT2D eigenvalue weighted by Gasteiger charge is -2.12. The van der Waals surface area contributed by atoms with E-state index in [1.165, 1.54) is 6.08 Å². The molecule has 1 saturated heterocycles. The first-order valence-electron chi connectivity index (χ1n) is 7.20. The van der Waals surface area contributed by atoms with Crippen LogP contribution < -0.4 is 15.4 Å². The van der Waals surface area contributed by atoms with Crippen molar-refractivity contribution in [1.82, 2.24) is 10.6 Å². The number of para-hydroxylation sites is 1. The number of hydrogen-bond acceptors (Lipinski definition) is 4. The molecule has 0 saturated carbocycles. The Balaban J connectivity index is 1.78. The van der Waals surface area contributed by atoms with Crippen molar-refractivity contribution in [2.75, 3.05) is 20.3 Å². The van der Waals surface area contributed by atoms with Crippen LogP contribution in [0.5, 0.6) is 5.75 Å². The van der Waals surface area contributed by atoms with Gasteiger partial charge in [0.1, 0.15) is 5.75 Å². The summed E-state index contributed by atoms with van der Waals surface area (Å²) < 4.78 is 10.7. The van der Waals surface area contributed by atoms with Gasteiger partial charge in [0.15, 0.2) is 5.11 Å². The van der Waals surface area contributed by atoms with Gasteiger partial charge in [0.25, 0.3) is 0 Å². The molecule has 6 heteroatoms. The van der Waals surface area contributed by atoms with E-state index in [9.17, 15) is 4.79 Å². The predicted molar refractivity (Wildman–Crippen MR) is 89.7 cm³/mol. The molecule has 118 valence electrons. The number of methoxy groups -OCH3 is 1. The minimum absolute atomic E-state index is 0.180. The second-order valence-corrected chi connectivity index (χ2v) is 5.32. The molecule has 1 aliphatic heterocycles. The molecule has 22 heavy (non-hydrogen) atoms. The van der Waals surface area contributed by atoms with Gasteiger partial charge >= 0.3 is 0 Å². The average Bonchev–Trinajstić information content (AvgIpc) is 3.04. The van der Waals surface area contributed by atoms with Crippen LogP contribution in [0.15, 0.2) is 30.3 Å². The summed E-state index contributed by atoms with van der Waals surface area (Å²) in [7, 11) is 1.59. The van der Waals surface area contributed by atoms with Crippen molar-refractivity contribution in [3.05, 3.63) is 35.9 Å². The standard InChI is InChI=1S/C16H20N2O3S/c1-20-14-7-3-2-5-12(14)8-9-15(19)18-16(22)17-11-13-6-4-10-21-13/h2-3,5,7-9,13H,4,6,10-11H2,1H3,(H2,17,18,19,22). The van der Waals surface area contributed by atoms with Crippen LogP contribution in [-0.2, 0) is 9.53 Å². The first-order valence-corrected chi connectivity index (χ1v) is 7.61. The van der Waals surface area contributed by atoms with Gasteiger partial charge in [-0.1, -0.05) is 18.2 Å². The molecule has 1 unspecified atom stereocenters. The van der Waals surface area contributed by atoms with Crippen LogP contribution in [0.25, 0.3) is 6.08 Å². The lowest BCUT2D eigenvalue weighted by atomic mass is 10.2. The smallest absolute Gasteiger partial charge is 0.250 e. The highest BCUT2D eigenvalue weighted by atomic mass is 32.1. The van der Waals surface area contributed by atoms with E-state index < -0.39 is 0 Å². The second-order valence-electron chi connectivity index (χ2n) is 4.91. The molecule has 0 aliphatic carbocycles. The van der Waals surface area contributed by atoms with Crippen LogP contribution >= 0.6 is 12.2 Å². The van der Waals surface area contributed by atoms with Gasteiger partial charge in [0.05, 0.1) is 13.2 Å². The summed E-state index contributed by atoms with van der Waals surface area (Å²) in [6.45, 7) is 1.42. The molecule has 2 rings (SSSR count). The Labute approximate surface area is 135 Å². The summed E-state index contributed by atoms with van der Waals surface area (Å²) in [5, 5.41) is 5.91. The quantitative estimate of drug-likeness (QED) is 0.641. The lowest BCUT2D eigenvalue weighted by molar-refractivity contribution is -0.115. The van der Waals surface area contributed by atoms with Gasteiger partial charge in [-0.25, -0.2) is 0 Å². The third-order valence-corrected chi connectivity index (χ3v) is 3.55. The maximum Gasteiger partial charge on any atom is 0.250 e. The lowest BCUT2D eigenvalue weighted by Crippen LogP contribution is -2.41. The summed E-state index contributed by atoms with van der Waals surface area (Å²) in [6, 6.07) is 7.47. The zero-order chi connectivity index (χ0) is 15.8. The molecule has 2 N–H and O–H groups in total. The first-order chi connectivity index (χ1) is 10.7. The van der Waals surface area contributed by atoms with Gasteiger partial charge in [-0.3, -0.25) is 10.1 Å². The number of nitrogens with one attached hydrogen (secondary N) is 2. The van der Waals surface area contributed by atoms with Gasteiger partial charge in [-0.05, 0) is 37.2 Å². The Morgan fingerprint density at radius 2 is 2.32 bits per heavy atom. The van der Waals surface area contributed by atoms with Crippen LogP contribution in [0, 0.1) is 0 Å². The minimum Gasteiger partial charge on any atom is -0.496 e. The molecule has 0 aromatic heterocycles. The molecule has 0 radical (unpaired) electrons. The second kappa shape index (κ2) is 8.51. The number of rotatable bonds is 5. The number of benzene rings is 1. The van der Waals surface area contributed by atoms with Gasteiger partial charge in [-0.2, -0.15) is 0 Å². The number of thiocarbonyl (C=S) groups is 1. The Kier molecular flexibility index (Phi) is 6.36. The average molecular weight is 320 g/mol. The summed E-state index contributed by atoms with van der Waals surface area (Å²) in [5.74, 6) is 0.432. The highest BCUT2D eigenvalue weighted by molar-refractivity contribution is 7.80. The van der Waals surface area contributed by atoms with E-state index in [-0.39, 0.29) is 12.0 Å². The third-order valence-electron chi connectivity index (χ3n) is 3.30. The monoisotopic (exact) mass is 320 g/mol. The third kappa shape index (κ3) is 5.13. The van der Waals surface area contributed by atoms with E-state index in [0.717, 1.165) is 25.0 Å². The van der Waals surface area contributed by atoms with Crippen LogP contribution in [0.2, 0.25) is 0 Å². The molecule has 1 aliphatic rings. The molecule has 1 fully saturated rings. The fraction of sp³-hybridized carbons (Fsp3) is 0.375. The molecule has 1 heterocycles. The molecule has 0 spiro atoms. The SMILES string of the molecule is COc1ccccc1C=CC(=O)NC(=S)NCC1CCCO1. The number of carbonyl (C=O) groups excluding carboxylic acids is 1. The molecule has 1 aromatic rings. The Morgan fingerprint density at radius 1 is 1.50 bits per heavy atom. The van der Waals surface area contributed by atoms with Crippen LogP contribution in [0.3, 0.4) is 0 Å². The van der Waals surface area contributed by atoms with Crippen LogP contribution in [0.1, 0.15) is 18.4 Å². The molecule has 1 amide bonds. The topological polar surface area (TPSA) is 59.6 Å². The summed E-state index contributed by atoms with van der Waals surface area (Å²) in [5.41, 5.74) is 0.832. The summed E-state index contributed by atoms with van der Waals surface area (Å²) >= 11 is 5.09. The van der Waals surface area contributed by atoms with E-state index in [4.69, 9.17) is 21.7 Å². The first kappa shape index (κ1) is 16.5. The zero-order valence-electron chi connectivity index (χ0n) is 12.5. The number of carbonyl (C=O) groups is 1. The fourth-order valence-corrected chi connectivity index (χ4v) is 2.36. The largest absolute Gasteiger partial charge is 0.496 e. The highest BCUT2D eigenvalue weighted by Gasteiger charge is 2.15. The van der Waals surface area contributed by atoms with Crippen molar-refractivity contribution in [1.29, 1.82) is 0 Å². The Hall–Kier alpha value is -1.92. The molecule has 1 aromatic carbocycles. The van der Waals surface area contributed by atoms with Gasteiger partial charge in [-0.15, -0.1) is 0 Å². The van der Waals surface area contributed by atoms with Crippen LogP contribution in [-0.4, -0.2) is 37.4 Å². The van der Waals surface area contributed by atoms with Gasteiger partial charge in [0.2, 0.25) is 5.91 Å². The number of ether oxygens (including phenoxy) is 2. The fourth-order valence-electron chi connectivity index (χ4n) is 2.18. The predicted octanol–water partition coefficient (Wildman–Crippen LogP) is 1.88. The molecular formula is C16H20N2O3S. The van der Waals surface area contributed by atoms with E-state index in [0.29, 0.717) is 17.4 Å². The number of hydrogen-bond donors (Lipinski definition) is 2. The van der Waals surface area contributed by atoms with E-state index in [1.807, 2.05) is 24.3 Å². The van der Waals surface area contributed by atoms with Crippen LogP contribution in [0.4, 0.5) is 0 Å². The van der Waals surface area contributed by atoms with Gasteiger partial charge < -0.3 is 14.8 Å². The van der Waals surface area contributed by atoms with Crippen molar-refractivity contribution < 1.29 is 14.3 Å². The minimum atomic E-state index is -0.282.